The largest absolute Gasteiger partial charge is 0.344 e. The van der Waals surface area contributed by atoms with E-state index in [1.165, 1.54) is 6.92 Å². The highest BCUT2D eigenvalue weighted by atomic mass is 16.7. The predicted molar refractivity (Wildman–Crippen MR) is 94.4 cm³/mol. The number of oxime groups is 1. The van der Waals surface area contributed by atoms with Gasteiger partial charge in [0.1, 0.15) is 0 Å². The second-order valence-corrected chi connectivity index (χ2v) is 5.84. The molecule has 0 N–H and O–H groups in total. The smallest absolute Gasteiger partial charge is 0.331 e. The van der Waals surface area contributed by atoms with Crippen LogP contribution >= 0.6 is 0 Å². The van der Waals surface area contributed by atoms with Crippen LogP contribution in [-0.4, -0.2) is 22.0 Å². The molecular formula is C19H18N2O3. The summed E-state index contributed by atoms with van der Waals surface area (Å²) in [6, 6.07) is 11.7. The molecular weight excluding hydrogens is 304 g/mol. The van der Waals surface area contributed by atoms with Gasteiger partial charge in [-0.3, -0.25) is 4.79 Å². The average Bonchev–Trinajstić information content (AvgIpc) is 2.84. The normalized spacial score (nSPS) is 11.9. The van der Waals surface area contributed by atoms with Gasteiger partial charge in [-0.25, -0.2) is 4.79 Å². The minimum absolute atomic E-state index is 0.0395. The Hall–Kier alpha value is -2.95. The number of aromatic nitrogens is 1. The zero-order valence-electron chi connectivity index (χ0n) is 14.1. The van der Waals surface area contributed by atoms with Gasteiger partial charge in [-0.2, -0.15) is 0 Å². The Morgan fingerprint density at radius 3 is 2.00 bits per heavy atom. The van der Waals surface area contributed by atoms with E-state index in [4.69, 9.17) is 4.84 Å². The fourth-order valence-electron chi connectivity index (χ4n) is 2.85. The van der Waals surface area contributed by atoms with Crippen LogP contribution < -0.4 is 0 Å². The summed E-state index contributed by atoms with van der Waals surface area (Å²) in [6.07, 6.45) is 0. The molecule has 3 rings (SSSR count). The van der Waals surface area contributed by atoms with Crippen molar-refractivity contribution in [1.29, 1.82) is 0 Å². The third kappa shape index (κ3) is 2.69. The third-order valence-corrected chi connectivity index (χ3v) is 4.14. The Morgan fingerprint density at radius 2 is 1.46 bits per heavy atom. The van der Waals surface area contributed by atoms with Crippen molar-refractivity contribution in [1.82, 2.24) is 4.57 Å². The number of hydrogen-bond donors (Lipinski definition) is 0. The standard InChI is InChI=1S/C19H18N2O3/c1-11(20-24-13(3)23)14-5-7-18-16(9-14)17-10-15(12(2)22)6-8-19(17)21(18)4/h5-10H,1-4H3/b20-11-. The van der Waals surface area contributed by atoms with E-state index < -0.39 is 5.97 Å². The Balaban J connectivity index is 2.22. The van der Waals surface area contributed by atoms with Crippen molar-refractivity contribution in [3.8, 4) is 0 Å². The zero-order valence-corrected chi connectivity index (χ0v) is 14.1. The summed E-state index contributed by atoms with van der Waals surface area (Å²) in [5, 5.41) is 5.89. The van der Waals surface area contributed by atoms with E-state index >= 15 is 0 Å². The van der Waals surface area contributed by atoms with E-state index in [9.17, 15) is 9.59 Å². The Bertz CT molecular complexity index is 1010. The van der Waals surface area contributed by atoms with E-state index in [1.807, 2.05) is 43.4 Å². The molecule has 0 amide bonds. The second kappa shape index (κ2) is 5.92. The lowest BCUT2D eigenvalue weighted by molar-refractivity contribution is -0.140. The fourth-order valence-corrected chi connectivity index (χ4v) is 2.85. The summed E-state index contributed by atoms with van der Waals surface area (Å²) < 4.78 is 2.09. The van der Waals surface area contributed by atoms with Crippen molar-refractivity contribution in [2.24, 2.45) is 12.2 Å². The number of ketones is 1. The quantitative estimate of drug-likeness (QED) is 0.319. The van der Waals surface area contributed by atoms with E-state index in [1.54, 1.807) is 13.8 Å². The summed E-state index contributed by atoms with van der Waals surface area (Å²) in [5.41, 5.74) is 4.29. The molecule has 122 valence electrons. The first-order valence-corrected chi connectivity index (χ1v) is 7.64. The maximum absolute atomic E-state index is 11.7. The summed E-state index contributed by atoms with van der Waals surface area (Å²) in [4.78, 5) is 27.3. The molecule has 0 saturated heterocycles. The van der Waals surface area contributed by atoms with Crippen LogP contribution in [0.15, 0.2) is 41.6 Å². The Kier molecular flexibility index (Phi) is 3.93. The molecule has 0 saturated carbocycles. The Morgan fingerprint density at radius 1 is 0.917 bits per heavy atom. The topological polar surface area (TPSA) is 60.7 Å². The highest BCUT2D eigenvalue weighted by Crippen LogP contribution is 2.30. The van der Waals surface area contributed by atoms with E-state index in [2.05, 4.69) is 9.72 Å². The molecule has 2 aromatic carbocycles. The lowest BCUT2D eigenvalue weighted by Gasteiger charge is -2.02. The first-order valence-electron chi connectivity index (χ1n) is 7.64. The van der Waals surface area contributed by atoms with Crippen LogP contribution in [0.3, 0.4) is 0 Å². The van der Waals surface area contributed by atoms with Crippen LogP contribution in [0.1, 0.15) is 36.7 Å². The summed E-state index contributed by atoms with van der Waals surface area (Å²) >= 11 is 0. The van der Waals surface area contributed by atoms with Crippen LogP contribution in [0.5, 0.6) is 0 Å². The number of rotatable bonds is 3. The molecule has 0 aliphatic heterocycles. The van der Waals surface area contributed by atoms with Gasteiger partial charge in [0.15, 0.2) is 5.78 Å². The Labute approximate surface area is 139 Å². The number of fused-ring (bicyclic) bond motifs is 3. The van der Waals surface area contributed by atoms with Gasteiger partial charge in [-0.1, -0.05) is 11.2 Å². The van der Waals surface area contributed by atoms with Gasteiger partial charge >= 0.3 is 5.97 Å². The number of benzene rings is 2. The maximum Gasteiger partial charge on any atom is 0.331 e. The van der Waals surface area contributed by atoms with E-state index in [0.29, 0.717) is 11.3 Å². The van der Waals surface area contributed by atoms with E-state index in [0.717, 1.165) is 27.4 Å². The van der Waals surface area contributed by atoms with Gasteiger partial charge in [-0.05, 0) is 49.7 Å². The summed E-state index contributed by atoms with van der Waals surface area (Å²) in [5.74, 6) is -0.413. The molecule has 0 atom stereocenters. The minimum Gasteiger partial charge on any atom is -0.344 e. The zero-order chi connectivity index (χ0) is 17.4. The van der Waals surface area contributed by atoms with Gasteiger partial charge in [0.2, 0.25) is 0 Å². The molecule has 24 heavy (non-hydrogen) atoms. The van der Waals surface area contributed by atoms with Gasteiger partial charge in [0, 0.05) is 41.3 Å². The van der Waals surface area contributed by atoms with Gasteiger partial charge in [0.05, 0.1) is 5.71 Å². The summed E-state index contributed by atoms with van der Waals surface area (Å²) in [6.45, 7) is 4.66. The number of Topliss-reactive ketones (excluding diaryl/α,β-unsaturated/α-hetero) is 1. The molecule has 1 aromatic heterocycles. The van der Waals surface area contributed by atoms with Crippen molar-refractivity contribution in [3.05, 3.63) is 47.5 Å². The predicted octanol–water partition coefficient (Wildman–Crippen LogP) is 3.82. The second-order valence-electron chi connectivity index (χ2n) is 5.84. The molecule has 0 spiro atoms. The number of nitrogens with zero attached hydrogens (tertiary/aromatic N) is 2. The molecule has 5 nitrogen and oxygen atoms in total. The number of hydrogen-bond acceptors (Lipinski definition) is 4. The molecule has 0 radical (unpaired) electrons. The van der Waals surface area contributed by atoms with Crippen LogP contribution in [-0.2, 0) is 16.7 Å². The highest BCUT2D eigenvalue weighted by molar-refractivity contribution is 6.13. The van der Waals surface area contributed by atoms with E-state index in [-0.39, 0.29) is 5.78 Å². The monoisotopic (exact) mass is 322 g/mol. The van der Waals surface area contributed by atoms with Crippen molar-refractivity contribution in [3.63, 3.8) is 0 Å². The lowest BCUT2D eigenvalue weighted by Crippen LogP contribution is -1.99. The first kappa shape index (κ1) is 15.9. The summed E-state index contributed by atoms with van der Waals surface area (Å²) in [7, 11) is 2.00. The number of carbonyl (C=O) groups is 2. The maximum atomic E-state index is 11.7. The molecule has 3 aromatic rings. The average molecular weight is 322 g/mol. The molecule has 0 fully saturated rings. The van der Waals surface area contributed by atoms with Crippen molar-refractivity contribution in [2.75, 3.05) is 0 Å². The first-order chi connectivity index (χ1) is 11.4. The van der Waals surface area contributed by atoms with Gasteiger partial charge < -0.3 is 9.40 Å². The molecule has 0 aliphatic carbocycles. The van der Waals surface area contributed by atoms with Gasteiger partial charge in [-0.15, -0.1) is 0 Å². The molecule has 0 aliphatic rings. The van der Waals surface area contributed by atoms with Crippen LogP contribution in [0.2, 0.25) is 0 Å². The minimum atomic E-state index is -0.452. The van der Waals surface area contributed by atoms with Crippen molar-refractivity contribution in [2.45, 2.75) is 20.8 Å². The molecule has 0 bridgehead atoms. The fraction of sp³-hybridized carbons (Fsp3) is 0.211. The van der Waals surface area contributed by atoms with Crippen LogP contribution in [0, 0.1) is 0 Å². The highest BCUT2D eigenvalue weighted by Gasteiger charge is 2.12. The van der Waals surface area contributed by atoms with Crippen LogP contribution in [0.25, 0.3) is 21.8 Å². The van der Waals surface area contributed by atoms with Gasteiger partial charge in [0.25, 0.3) is 0 Å². The van der Waals surface area contributed by atoms with Crippen molar-refractivity contribution >= 4 is 39.3 Å². The van der Waals surface area contributed by atoms with Crippen LogP contribution in [0.4, 0.5) is 0 Å². The number of aryl methyl sites for hydroxylation is 1. The molecule has 0 unspecified atom stereocenters. The molecule has 5 heteroatoms. The molecule has 1 heterocycles. The number of carbonyl (C=O) groups excluding carboxylic acids is 2. The van der Waals surface area contributed by atoms with Crippen molar-refractivity contribution < 1.29 is 14.4 Å². The SMILES string of the molecule is CC(=O)O/N=C(/C)c1ccc2c(c1)c1cc(C(C)=O)ccc1n2C. The lowest BCUT2D eigenvalue weighted by atomic mass is 10.0. The third-order valence-electron chi connectivity index (χ3n) is 4.14.